The molecule has 8 heteroatoms. The Labute approximate surface area is 128 Å². The van der Waals surface area contributed by atoms with E-state index in [1.807, 2.05) is 12.3 Å². The first-order valence-corrected chi connectivity index (χ1v) is 8.76. The van der Waals surface area contributed by atoms with Crippen molar-refractivity contribution < 1.29 is 8.42 Å². The number of sulfonamides is 1. The third kappa shape index (κ3) is 3.93. The number of anilines is 2. The predicted octanol–water partition coefficient (Wildman–Crippen LogP) is 1.60. The third-order valence-electron chi connectivity index (χ3n) is 2.90. The third-order valence-corrected chi connectivity index (χ3v) is 5.42. The normalized spacial score (nSPS) is 11.5. The highest BCUT2D eigenvalue weighted by atomic mass is 32.2. The molecule has 2 aromatic rings. The Morgan fingerprint density at radius 3 is 2.71 bits per heavy atom. The first kappa shape index (κ1) is 15.7. The van der Waals surface area contributed by atoms with Gasteiger partial charge in [-0.05, 0) is 32.2 Å². The number of hydrogen-bond acceptors (Lipinski definition) is 6. The van der Waals surface area contributed by atoms with E-state index in [1.165, 1.54) is 13.1 Å². The predicted molar refractivity (Wildman–Crippen MR) is 86.1 cm³/mol. The Hall–Kier alpha value is -1.64. The number of nitrogens with zero attached hydrogens (tertiary/aromatic N) is 1. The minimum Gasteiger partial charge on any atom is -0.398 e. The number of hydrogen-bond donors (Lipinski definition) is 3. The summed E-state index contributed by atoms with van der Waals surface area (Å²) in [5, 5.41) is 6.30. The number of nitrogens with two attached hydrogens (primary N) is 1. The summed E-state index contributed by atoms with van der Waals surface area (Å²) in [6.07, 6.45) is 0.814. The van der Waals surface area contributed by atoms with E-state index in [0.29, 0.717) is 6.54 Å². The van der Waals surface area contributed by atoms with Crippen molar-refractivity contribution in [1.82, 2.24) is 9.71 Å². The second-order valence-corrected chi connectivity index (χ2v) is 7.32. The fraction of sp³-hybridized carbons (Fsp3) is 0.308. The Bertz CT molecular complexity index is 726. The molecule has 0 amide bonds. The second-order valence-electron chi connectivity index (χ2n) is 4.52. The van der Waals surface area contributed by atoms with Gasteiger partial charge in [0.2, 0.25) is 10.0 Å². The lowest BCUT2D eigenvalue weighted by Gasteiger charge is -2.10. The van der Waals surface area contributed by atoms with Gasteiger partial charge in [0, 0.05) is 29.7 Å². The van der Waals surface area contributed by atoms with Gasteiger partial charge in [-0.2, -0.15) is 0 Å². The number of benzene rings is 1. The van der Waals surface area contributed by atoms with Crippen molar-refractivity contribution in [2.75, 3.05) is 24.6 Å². The van der Waals surface area contributed by atoms with Crippen LogP contribution in [-0.4, -0.2) is 27.0 Å². The van der Waals surface area contributed by atoms with Gasteiger partial charge >= 0.3 is 0 Å². The zero-order chi connectivity index (χ0) is 15.5. The van der Waals surface area contributed by atoms with Gasteiger partial charge in [0.25, 0.3) is 0 Å². The van der Waals surface area contributed by atoms with Crippen LogP contribution in [0.4, 0.5) is 11.4 Å². The van der Waals surface area contributed by atoms with E-state index in [2.05, 4.69) is 15.0 Å². The van der Waals surface area contributed by atoms with Gasteiger partial charge in [-0.3, -0.25) is 0 Å². The van der Waals surface area contributed by atoms with Crippen LogP contribution < -0.4 is 15.8 Å². The molecule has 0 unspecified atom stereocenters. The summed E-state index contributed by atoms with van der Waals surface area (Å²) in [5.74, 6) is 0. The van der Waals surface area contributed by atoms with Crippen molar-refractivity contribution in [3.8, 4) is 0 Å². The molecule has 2 rings (SSSR count). The van der Waals surface area contributed by atoms with Crippen molar-refractivity contribution in [2.45, 2.75) is 18.2 Å². The fourth-order valence-corrected chi connectivity index (χ4v) is 3.46. The molecule has 0 saturated heterocycles. The lowest BCUT2D eigenvalue weighted by molar-refractivity contribution is 0.588. The molecule has 0 bridgehead atoms. The lowest BCUT2D eigenvalue weighted by Crippen LogP contribution is -2.20. The zero-order valence-electron chi connectivity index (χ0n) is 11.9. The van der Waals surface area contributed by atoms with E-state index in [4.69, 9.17) is 5.73 Å². The Balaban J connectivity index is 2.00. The van der Waals surface area contributed by atoms with Crippen molar-refractivity contribution in [1.29, 1.82) is 0 Å². The van der Waals surface area contributed by atoms with Crippen LogP contribution in [0, 0.1) is 6.92 Å². The Morgan fingerprint density at radius 2 is 2.14 bits per heavy atom. The van der Waals surface area contributed by atoms with E-state index in [0.717, 1.165) is 22.8 Å². The molecule has 21 heavy (non-hydrogen) atoms. The van der Waals surface area contributed by atoms with Gasteiger partial charge in [-0.15, -0.1) is 11.3 Å². The van der Waals surface area contributed by atoms with Crippen LogP contribution >= 0.6 is 11.3 Å². The molecule has 0 radical (unpaired) electrons. The highest BCUT2D eigenvalue weighted by Crippen LogP contribution is 2.22. The molecule has 1 aromatic carbocycles. The first-order chi connectivity index (χ1) is 9.92. The van der Waals surface area contributed by atoms with Crippen LogP contribution in [0.25, 0.3) is 0 Å². The van der Waals surface area contributed by atoms with E-state index < -0.39 is 10.0 Å². The second kappa shape index (κ2) is 6.42. The highest BCUT2D eigenvalue weighted by molar-refractivity contribution is 7.89. The number of rotatable bonds is 6. The number of nitrogens with one attached hydrogen (secondary N) is 2. The van der Waals surface area contributed by atoms with Crippen LogP contribution in [0.15, 0.2) is 28.5 Å². The van der Waals surface area contributed by atoms with Crippen molar-refractivity contribution in [3.63, 3.8) is 0 Å². The number of nitrogen functional groups attached to an aromatic ring is 1. The summed E-state index contributed by atoms with van der Waals surface area (Å²) in [5.41, 5.74) is 7.84. The topological polar surface area (TPSA) is 97.1 Å². The number of thiazole rings is 1. The lowest BCUT2D eigenvalue weighted by atomic mass is 10.2. The minimum absolute atomic E-state index is 0.0890. The minimum atomic E-state index is -3.52. The summed E-state index contributed by atoms with van der Waals surface area (Å²) >= 11 is 1.63. The van der Waals surface area contributed by atoms with Crippen LogP contribution in [0.3, 0.4) is 0 Å². The standard InChI is InChI=1S/C13H18N4O2S2/c1-9-8-20-13(17-9)5-6-16-10-3-4-12(11(14)7-10)21(18,19)15-2/h3-4,7-8,15-16H,5-6,14H2,1-2H3. The average molecular weight is 326 g/mol. The van der Waals surface area contributed by atoms with Crippen molar-refractivity contribution in [2.24, 2.45) is 0 Å². The summed E-state index contributed by atoms with van der Waals surface area (Å²) in [4.78, 5) is 4.47. The maximum absolute atomic E-state index is 11.7. The number of aromatic nitrogens is 1. The zero-order valence-corrected chi connectivity index (χ0v) is 13.5. The number of aryl methyl sites for hydroxylation is 1. The molecule has 114 valence electrons. The molecule has 0 aliphatic carbocycles. The SMILES string of the molecule is CNS(=O)(=O)c1ccc(NCCc2nc(C)cs2)cc1N. The molecule has 0 saturated carbocycles. The molecule has 0 atom stereocenters. The van der Waals surface area contributed by atoms with Gasteiger partial charge in [0.15, 0.2) is 0 Å². The quantitative estimate of drug-likeness (QED) is 0.701. The summed E-state index contributed by atoms with van der Waals surface area (Å²) in [6.45, 7) is 2.68. The summed E-state index contributed by atoms with van der Waals surface area (Å²) in [7, 11) is -2.16. The van der Waals surface area contributed by atoms with E-state index in [9.17, 15) is 8.42 Å². The molecular weight excluding hydrogens is 308 g/mol. The van der Waals surface area contributed by atoms with Gasteiger partial charge in [-0.25, -0.2) is 18.1 Å². The smallest absolute Gasteiger partial charge is 0.242 e. The monoisotopic (exact) mass is 326 g/mol. The van der Waals surface area contributed by atoms with Crippen LogP contribution in [0.1, 0.15) is 10.7 Å². The Morgan fingerprint density at radius 1 is 1.38 bits per heavy atom. The van der Waals surface area contributed by atoms with Crippen LogP contribution in [0.5, 0.6) is 0 Å². The molecule has 0 spiro atoms. The van der Waals surface area contributed by atoms with E-state index in [-0.39, 0.29) is 10.6 Å². The van der Waals surface area contributed by atoms with Crippen molar-refractivity contribution >= 4 is 32.7 Å². The maximum atomic E-state index is 11.7. The maximum Gasteiger partial charge on any atom is 0.242 e. The van der Waals surface area contributed by atoms with Crippen LogP contribution in [-0.2, 0) is 16.4 Å². The summed E-state index contributed by atoms with van der Waals surface area (Å²) in [6, 6.07) is 4.82. The molecule has 6 nitrogen and oxygen atoms in total. The van der Waals surface area contributed by atoms with Crippen LogP contribution in [0.2, 0.25) is 0 Å². The molecule has 0 fully saturated rings. The molecule has 0 aliphatic heterocycles. The average Bonchev–Trinajstić information content (AvgIpc) is 2.84. The molecular formula is C13H18N4O2S2. The molecule has 1 heterocycles. The first-order valence-electron chi connectivity index (χ1n) is 6.40. The molecule has 4 N–H and O–H groups in total. The van der Waals surface area contributed by atoms with Gasteiger partial charge in [0.1, 0.15) is 4.90 Å². The van der Waals surface area contributed by atoms with Crippen molar-refractivity contribution in [3.05, 3.63) is 34.3 Å². The summed E-state index contributed by atoms with van der Waals surface area (Å²) < 4.78 is 25.7. The molecule has 0 aliphatic rings. The van der Waals surface area contributed by atoms with E-state index >= 15 is 0 Å². The largest absolute Gasteiger partial charge is 0.398 e. The van der Waals surface area contributed by atoms with E-state index in [1.54, 1.807) is 23.5 Å². The van der Waals surface area contributed by atoms with Gasteiger partial charge in [0.05, 0.1) is 10.7 Å². The Kier molecular flexibility index (Phi) is 4.81. The van der Waals surface area contributed by atoms with Gasteiger partial charge in [-0.1, -0.05) is 0 Å². The van der Waals surface area contributed by atoms with Gasteiger partial charge < -0.3 is 11.1 Å². The fourth-order valence-electron chi connectivity index (χ4n) is 1.84. The molecule has 1 aromatic heterocycles. The highest BCUT2D eigenvalue weighted by Gasteiger charge is 2.15.